The van der Waals surface area contributed by atoms with Crippen LogP contribution in [0.4, 0.5) is 0 Å². The molecule has 0 nitrogen and oxygen atoms in total. The monoisotopic (exact) mass is 348 g/mol. The van der Waals surface area contributed by atoms with Crippen molar-refractivity contribution in [1.29, 1.82) is 0 Å². The number of allylic oxidation sites excluding steroid dienone is 1. The Morgan fingerprint density at radius 2 is 1.62 bits per heavy atom. The van der Waals surface area contributed by atoms with Crippen LogP contribution in [0.3, 0.4) is 0 Å². The molecular weight excluding hydrogens is 312 g/mol. The summed E-state index contributed by atoms with van der Waals surface area (Å²) in [6.45, 7) is 7.78. The van der Waals surface area contributed by atoms with Gasteiger partial charge in [0.2, 0.25) is 0 Å². The van der Waals surface area contributed by atoms with Crippen LogP contribution < -0.4 is 0 Å². The van der Waals surface area contributed by atoms with Crippen molar-refractivity contribution in [2.75, 3.05) is 0 Å². The molecule has 0 spiro atoms. The number of fused-ring (bicyclic) bond motifs is 3. The van der Waals surface area contributed by atoms with E-state index in [4.69, 9.17) is 0 Å². The van der Waals surface area contributed by atoms with E-state index < -0.39 is 0 Å². The van der Waals surface area contributed by atoms with Crippen LogP contribution >= 0.6 is 0 Å². The van der Waals surface area contributed by atoms with Crippen LogP contribution in [-0.2, 0) is 0 Å². The molecule has 0 saturated heterocycles. The van der Waals surface area contributed by atoms with E-state index in [2.05, 4.69) is 57.2 Å². The molecule has 0 heterocycles. The second-order valence-corrected chi connectivity index (χ2v) is 10.7. The van der Waals surface area contributed by atoms with Gasteiger partial charge in [-0.05, 0) is 71.3 Å². The Balaban J connectivity index is 1.44. The summed E-state index contributed by atoms with van der Waals surface area (Å²) >= 11 is 0. The van der Waals surface area contributed by atoms with Crippen LogP contribution in [0.2, 0.25) is 0 Å². The molecule has 0 radical (unpaired) electrons. The van der Waals surface area contributed by atoms with Crippen molar-refractivity contribution in [3.63, 3.8) is 0 Å². The van der Waals surface area contributed by atoms with Crippen molar-refractivity contribution < 1.29 is 0 Å². The molecule has 0 aliphatic heterocycles. The smallest absolute Gasteiger partial charge is 0.00813 e. The third kappa shape index (κ3) is 2.54. The Morgan fingerprint density at radius 1 is 0.885 bits per heavy atom. The summed E-state index contributed by atoms with van der Waals surface area (Å²) in [5, 5.41) is 0. The number of benzene rings is 1. The Bertz CT molecular complexity index is 696. The lowest BCUT2D eigenvalue weighted by atomic mass is 9.57. The van der Waals surface area contributed by atoms with Gasteiger partial charge in [0.25, 0.3) is 0 Å². The van der Waals surface area contributed by atoms with Crippen LogP contribution in [0.15, 0.2) is 30.3 Å². The third-order valence-electron chi connectivity index (χ3n) is 9.06. The van der Waals surface area contributed by atoms with Gasteiger partial charge >= 0.3 is 0 Å². The summed E-state index contributed by atoms with van der Waals surface area (Å²) in [7, 11) is 0. The van der Waals surface area contributed by atoms with E-state index in [9.17, 15) is 0 Å². The van der Waals surface area contributed by atoms with Crippen LogP contribution in [0, 0.1) is 40.9 Å². The molecule has 7 unspecified atom stereocenters. The third-order valence-corrected chi connectivity index (χ3v) is 9.06. The topological polar surface area (TPSA) is 0 Å². The Kier molecular flexibility index (Phi) is 4.11. The summed E-state index contributed by atoms with van der Waals surface area (Å²) in [4.78, 5) is 0. The second-order valence-electron chi connectivity index (χ2n) is 10.7. The number of hydrogen-bond donors (Lipinski definition) is 0. The highest BCUT2D eigenvalue weighted by Gasteiger charge is 2.54. The zero-order valence-electron chi connectivity index (χ0n) is 17.0. The first-order valence-corrected chi connectivity index (χ1v) is 11.3. The van der Waals surface area contributed by atoms with Gasteiger partial charge < -0.3 is 0 Å². The highest BCUT2D eigenvalue weighted by Crippen LogP contribution is 2.62. The lowest BCUT2D eigenvalue weighted by Gasteiger charge is -2.48. The maximum absolute atomic E-state index is 2.60. The average Bonchev–Trinajstić information content (AvgIpc) is 3.20. The summed E-state index contributed by atoms with van der Waals surface area (Å²) in [6, 6.07) is 9.12. The Morgan fingerprint density at radius 3 is 2.42 bits per heavy atom. The van der Waals surface area contributed by atoms with Gasteiger partial charge in [-0.15, -0.1) is 0 Å². The van der Waals surface area contributed by atoms with E-state index in [0.29, 0.717) is 11.3 Å². The van der Waals surface area contributed by atoms with E-state index in [1.54, 1.807) is 18.4 Å². The van der Waals surface area contributed by atoms with Gasteiger partial charge in [-0.2, -0.15) is 0 Å². The van der Waals surface area contributed by atoms with Gasteiger partial charge in [-0.1, -0.05) is 82.9 Å². The summed E-state index contributed by atoms with van der Waals surface area (Å²) in [6.07, 6.45) is 15.6. The van der Waals surface area contributed by atoms with Gasteiger partial charge in [-0.3, -0.25) is 0 Å². The Labute approximate surface area is 160 Å². The highest BCUT2D eigenvalue weighted by atomic mass is 14.6. The average molecular weight is 349 g/mol. The minimum Gasteiger partial charge on any atom is -0.0758 e. The van der Waals surface area contributed by atoms with Crippen LogP contribution in [-0.4, -0.2) is 0 Å². The molecule has 5 rings (SSSR count). The van der Waals surface area contributed by atoms with Crippen molar-refractivity contribution in [3.8, 4) is 0 Å². The number of hydrogen-bond acceptors (Lipinski definition) is 0. The minimum absolute atomic E-state index is 0.365. The zero-order chi connectivity index (χ0) is 17.9. The maximum atomic E-state index is 2.60. The van der Waals surface area contributed by atoms with Gasteiger partial charge in [-0.25, -0.2) is 0 Å². The van der Waals surface area contributed by atoms with Crippen molar-refractivity contribution in [3.05, 3.63) is 41.5 Å². The molecular formula is C26H36. The quantitative estimate of drug-likeness (QED) is 0.525. The molecule has 4 aliphatic carbocycles. The second kappa shape index (κ2) is 6.25. The molecule has 26 heavy (non-hydrogen) atoms. The van der Waals surface area contributed by atoms with Gasteiger partial charge in [0.1, 0.15) is 0 Å². The fourth-order valence-corrected chi connectivity index (χ4v) is 8.16. The fraction of sp³-hybridized carbons (Fsp3) is 0.692. The molecule has 1 aromatic carbocycles. The molecule has 4 aliphatic rings. The first kappa shape index (κ1) is 17.1. The first-order valence-electron chi connectivity index (χ1n) is 11.3. The lowest BCUT2D eigenvalue weighted by Crippen LogP contribution is -2.40. The molecule has 3 fully saturated rings. The van der Waals surface area contributed by atoms with Crippen molar-refractivity contribution in [2.24, 2.45) is 40.9 Å². The van der Waals surface area contributed by atoms with Gasteiger partial charge in [0, 0.05) is 5.92 Å². The van der Waals surface area contributed by atoms with Crippen molar-refractivity contribution in [1.82, 2.24) is 0 Å². The molecule has 7 atom stereocenters. The van der Waals surface area contributed by atoms with E-state index >= 15 is 0 Å². The summed E-state index contributed by atoms with van der Waals surface area (Å²) in [5.74, 6) is 6.52. The first-order chi connectivity index (χ1) is 12.6. The van der Waals surface area contributed by atoms with Crippen LogP contribution in [0.25, 0.3) is 6.08 Å². The largest absolute Gasteiger partial charge is 0.0758 e. The van der Waals surface area contributed by atoms with E-state index in [1.807, 2.05) is 0 Å². The molecule has 140 valence electrons. The summed E-state index contributed by atoms with van der Waals surface area (Å²) < 4.78 is 0. The van der Waals surface area contributed by atoms with Gasteiger partial charge in [0.15, 0.2) is 0 Å². The van der Waals surface area contributed by atoms with E-state index in [-0.39, 0.29) is 0 Å². The maximum Gasteiger partial charge on any atom is 0.00813 e. The SMILES string of the molecule is CC1CC2CC3CCCCC3CC2C1C(C)(C)C1C=Cc2ccccc21. The standard InChI is InChI=1S/C26H36/c1-17-14-21-15-19-9-4-5-10-20(19)16-23(21)25(17)26(2,3)24-13-12-18-8-6-7-11-22(18)24/h6-8,11-13,17,19-21,23-25H,4-5,9-10,14-16H2,1-3H3. The molecule has 0 bridgehead atoms. The normalized spacial score (nSPS) is 41.6. The van der Waals surface area contributed by atoms with Crippen LogP contribution in [0.5, 0.6) is 0 Å². The zero-order valence-corrected chi connectivity index (χ0v) is 17.0. The van der Waals surface area contributed by atoms with Crippen molar-refractivity contribution in [2.45, 2.75) is 71.6 Å². The van der Waals surface area contributed by atoms with Crippen LogP contribution in [0.1, 0.15) is 82.8 Å². The van der Waals surface area contributed by atoms with E-state index in [1.165, 1.54) is 37.7 Å². The van der Waals surface area contributed by atoms with Gasteiger partial charge in [0.05, 0.1) is 0 Å². The predicted octanol–water partition coefficient (Wildman–Crippen LogP) is 7.31. The predicted molar refractivity (Wildman–Crippen MR) is 111 cm³/mol. The molecule has 0 N–H and O–H groups in total. The van der Waals surface area contributed by atoms with Crippen molar-refractivity contribution >= 4 is 6.08 Å². The molecule has 0 heteroatoms. The van der Waals surface area contributed by atoms with E-state index in [0.717, 1.165) is 35.5 Å². The minimum atomic E-state index is 0.365. The number of rotatable bonds is 2. The Hall–Kier alpha value is -1.04. The summed E-state index contributed by atoms with van der Waals surface area (Å²) in [5.41, 5.74) is 3.41. The lowest BCUT2D eigenvalue weighted by molar-refractivity contribution is 0.0304. The fourth-order valence-electron chi connectivity index (χ4n) is 8.16. The molecule has 1 aromatic rings. The highest BCUT2D eigenvalue weighted by molar-refractivity contribution is 5.63. The molecule has 3 saturated carbocycles. The molecule has 0 amide bonds. The molecule has 0 aromatic heterocycles.